The standard InChI is InChI=1S/C22H23N5O.HI/c1-23-22(25-14-20-19-10-6-5-7-16(19)11-12-24-20)26-17-13-21(28)27(15-17)18-8-3-2-4-9-18;/h2-12,17H,13-15H2,1H3,(H2,23,25,26);1H. The quantitative estimate of drug-likeness (QED) is 0.327. The molecule has 6 nitrogen and oxygen atoms in total. The maximum Gasteiger partial charge on any atom is 0.229 e. The third-order valence-electron chi connectivity index (χ3n) is 4.94. The van der Waals surface area contributed by atoms with E-state index in [-0.39, 0.29) is 35.9 Å². The van der Waals surface area contributed by atoms with E-state index in [9.17, 15) is 4.79 Å². The summed E-state index contributed by atoms with van der Waals surface area (Å²) in [5, 5.41) is 8.97. The summed E-state index contributed by atoms with van der Waals surface area (Å²) in [5.41, 5.74) is 1.90. The van der Waals surface area contributed by atoms with Crippen molar-refractivity contribution in [1.82, 2.24) is 15.6 Å². The first kappa shape index (κ1) is 21.0. The highest BCUT2D eigenvalue weighted by molar-refractivity contribution is 14.0. The molecule has 2 N–H and O–H groups in total. The van der Waals surface area contributed by atoms with E-state index in [0.29, 0.717) is 25.5 Å². The second-order valence-electron chi connectivity index (χ2n) is 6.79. The second-order valence-corrected chi connectivity index (χ2v) is 6.79. The molecule has 1 aromatic heterocycles. The lowest BCUT2D eigenvalue weighted by atomic mass is 10.1. The number of hydrogen-bond acceptors (Lipinski definition) is 3. The first-order valence-electron chi connectivity index (χ1n) is 9.40. The molecule has 0 radical (unpaired) electrons. The number of guanidine groups is 1. The minimum atomic E-state index is 0. The van der Waals surface area contributed by atoms with Crippen LogP contribution in [0.25, 0.3) is 10.8 Å². The van der Waals surface area contributed by atoms with Gasteiger partial charge < -0.3 is 15.5 Å². The maximum atomic E-state index is 12.4. The number of carbonyl (C=O) groups is 1. The Labute approximate surface area is 187 Å². The molecule has 1 saturated heterocycles. The first-order chi connectivity index (χ1) is 13.7. The van der Waals surface area contributed by atoms with Crippen LogP contribution in [-0.4, -0.2) is 36.5 Å². The van der Waals surface area contributed by atoms with Gasteiger partial charge in [-0.2, -0.15) is 0 Å². The molecule has 1 fully saturated rings. The SMILES string of the molecule is CN=C(NCc1nccc2ccccc12)NC1CC(=O)N(c2ccccc2)C1.I. The Morgan fingerprint density at radius 2 is 1.90 bits per heavy atom. The molecular weight excluding hydrogens is 477 g/mol. The van der Waals surface area contributed by atoms with Gasteiger partial charge in [0.25, 0.3) is 0 Å². The van der Waals surface area contributed by atoms with Gasteiger partial charge in [-0.1, -0.05) is 42.5 Å². The average Bonchev–Trinajstić information content (AvgIpc) is 3.11. The summed E-state index contributed by atoms with van der Waals surface area (Å²) in [6, 6.07) is 20.0. The summed E-state index contributed by atoms with van der Waals surface area (Å²) >= 11 is 0. The summed E-state index contributed by atoms with van der Waals surface area (Å²) in [7, 11) is 1.73. The zero-order valence-corrected chi connectivity index (χ0v) is 18.5. The number of para-hydroxylation sites is 1. The van der Waals surface area contributed by atoms with E-state index in [4.69, 9.17) is 0 Å². The third-order valence-corrected chi connectivity index (χ3v) is 4.94. The van der Waals surface area contributed by atoms with Crippen molar-refractivity contribution in [3.05, 3.63) is 72.6 Å². The Bertz CT molecular complexity index is 1000. The van der Waals surface area contributed by atoms with Crippen molar-refractivity contribution in [1.29, 1.82) is 0 Å². The van der Waals surface area contributed by atoms with E-state index in [1.54, 1.807) is 7.05 Å². The van der Waals surface area contributed by atoms with Gasteiger partial charge in [0.2, 0.25) is 5.91 Å². The van der Waals surface area contributed by atoms with Crippen molar-refractivity contribution in [2.24, 2.45) is 4.99 Å². The van der Waals surface area contributed by atoms with Crippen LogP contribution in [0, 0.1) is 0 Å². The number of fused-ring (bicyclic) bond motifs is 1. The number of halogens is 1. The monoisotopic (exact) mass is 501 g/mol. The van der Waals surface area contributed by atoms with Crippen LogP contribution in [0.1, 0.15) is 12.1 Å². The minimum absolute atomic E-state index is 0. The van der Waals surface area contributed by atoms with Gasteiger partial charge in [-0.3, -0.25) is 14.8 Å². The number of pyridine rings is 1. The summed E-state index contributed by atoms with van der Waals surface area (Å²) in [5.74, 6) is 0.789. The molecule has 0 saturated carbocycles. The molecule has 2 heterocycles. The lowest BCUT2D eigenvalue weighted by Gasteiger charge is -2.19. The van der Waals surface area contributed by atoms with Gasteiger partial charge in [-0.15, -0.1) is 24.0 Å². The fourth-order valence-electron chi connectivity index (χ4n) is 3.54. The average molecular weight is 501 g/mol. The lowest BCUT2D eigenvalue weighted by Crippen LogP contribution is -2.44. The van der Waals surface area contributed by atoms with E-state index < -0.39 is 0 Å². The summed E-state index contributed by atoms with van der Waals surface area (Å²) < 4.78 is 0. The van der Waals surface area contributed by atoms with E-state index in [1.165, 1.54) is 0 Å². The van der Waals surface area contributed by atoms with E-state index in [0.717, 1.165) is 22.2 Å². The number of rotatable bonds is 4. The molecule has 1 aliphatic rings. The topological polar surface area (TPSA) is 69.6 Å². The molecule has 7 heteroatoms. The van der Waals surface area contributed by atoms with Gasteiger partial charge in [-0.05, 0) is 23.6 Å². The number of aliphatic imine (C=N–C) groups is 1. The van der Waals surface area contributed by atoms with Crippen LogP contribution in [0.15, 0.2) is 71.9 Å². The molecule has 1 amide bonds. The maximum absolute atomic E-state index is 12.4. The highest BCUT2D eigenvalue weighted by Crippen LogP contribution is 2.21. The van der Waals surface area contributed by atoms with Crippen LogP contribution in [0.4, 0.5) is 5.69 Å². The Hall–Kier alpha value is -2.68. The smallest absolute Gasteiger partial charge is 0.229 e. The van der Waals surface area contributed by atoms with Gasteiger partial charge in [-0.25, -0.2) is 0 Å². The Morgan fingerprint density at radius 1 is 1.14 bits per heavy atom. The number of anilines is 1. The summed E-state index contributed by atoms with van der Waals surface area (Å²) in [6.07, 6.45) is 2.27. The molecular formula is C22H24IN5O. The first-order valence-corrected chi connectivity index (χ1v) is 9.40. The van der Waals surface area contributed by atoms with Crippen molar-refractivity contribution in [2.75, 3.05) is 18.5 Å². The fraction of sp³-hybridized carbons (Fsp3) is 0.227. The van der Waals surface area contributed by atoms with Crippen LogP contribution in [0.5, 0.6) is 0 Å². The molecule has 0 aliphatic carbocycles. The van der Waals surface area contributed by atoms with Gasteiger partial charge in [0.05, 0.1) is 18.3 Å². The number of nitrogens with zero attached hydrogens (tertiary/aromatic N) is 3. The van der Waals surface area contributed by atoms with Crippen LogP contribution < -0.4 is 15.5 Å². The van der Waals surface area contributed by atoms with Crippen molar-refractivity contribution < 1.29 is 4.79 Å². The molecule has 1 atom stereocenters. The van der Waals surface area contributed by atoms with Crippen molar-refractivity contribution in [3.63, 3.8) is 0 Å². The number of aromatic nitrogens is 1. The number of benzene rings is 2. The normalized spacial score (nSPS) is 16.6. The van der Waals surface area contributed by atoms with Crippen molar-refractivity contribution in [3.8, 4) is 0 Å². The molecule has 3 aromatic rings. The number of carbonyl (C=O) groups excluding carboxylic acids is 1. The molecule has 4 rings (SSSR count). The molecule has 0 bridgehead atoms. The van der Waals surface area contributed by atoms with Crippen molar-refractivity contribution in [2.45, 2.75) is 19.0 Å². The van der Waals surface area contributed by atoms with E-state index >= 15 is 0 Å². The zero-order valence-electron chi connectivity index (χ0n) is 16.2. The predicted octanol–water partition coefficient (Wildman–Crippen LogP) is 3.32. The second kappa shape index (κ2) is 9.69. The Morgan fingerprint density at radius 3 is 2.69 bits per heavy atom. The molecule has 29 heavy (non-hydrogen) atoms. The van der Waals surface area contributed by atoms with Gasteiger partial charge >= 0.3 is 0 Å². The third kappa shape index (κ3) is 4.84. The predicted molar refractivity (Wildman–Crippen MR) is 128 cm³/mol. The van der Waals surface area contributed by atoms with Crippen LogP contribution >= 0.6 is 24.0 Å². The lowest BCUT2D eigenvalue weighted by molar-refractivity contribution is -0.117. The Balaban J connectivity index is 0.00000240. The van der Waals surface area contributed by atoms with E-state index in [1.807, 2.05) is 59.6 Å². The largest absolute Gasteiger partial charge is 0.351 e. The van der Waals surface area contributed by atoms with Crippen LogP contribution in [-0.2, 0) is 11.3 Å². The molecule has 150 valence electrons. The van der Waals surface area contributed by atoms with Crippen LogP contribution in [0.3, 0.4) is 0 Å². The number of nitrogens with one attached hydrogen (secondary N) is 2. The molecule has 1 aliphatic heterocycles. The Kier molecular flexibility index (Phi) is 7.03. The molecule has 1 unspecified atom stereocenters. The van der Waals surface area contributed by atoms with Crippen molar-refractivity contribution >= 4 is 52.3 Å². The minimum Gasteiger partial charge on any atom is -0.351 e. The number of amides is 1. The fourth-order valence-corrected chi connectivity index (χ4v) is 3.54. The molecule has 2 aromatic carbocycles. The zero-order chi connectivity index (χ0) is 19.3. The van der Waals surface area contributed by atoms with Gasteiger partial charge in [0, 0.05) is 37.3 Å². The number of hydrogen-bond donors (Lipinski definition) is 2. The highest BCUT2D eigenvalue weighted by Gasteiger charge is 2.31. The summed E-state index contributed by atoms with van der Waals surface area (Å²) in [6.45, 7) is 1.18. The van der Waals surface area contributed by atoms with Gasteiger partial charge in [0.1, 0.15) is 0 Å². The van der Waals surface area contributed by atoms with Gasteiger partial charge in [0.15, 0.2) is 5.96 Å². The summed E-state index contributed by atoms with van der Waals surface area (Å²) in [4.78, 5) is 23.0. The van der Waals surface area contributed by atoms with Crippen LogP contribution in [0.2, 0.25) is 0 Å². The van der Waals surface area contributed by atoms with E-state index in [2.05, 4.69) is 32.7 Å². The highest BCUT2D eigenvalue weighted by atomic mass is 127. The molecule has 0 spiro atoms.